The minimum absolute atomic E-state index is 0.159. The van der Waals surface area contributed by atoms with E-state index in [4.69, 9.17) is 14.2 Å². The zero-order valence-corrected chi connectivity index (χ0v) is 14.5. The van der Waals surface area contributed by atoms with Gasteiger partial charge in [0.05, 0.1) is 13.2 Å². The minimum atomic E-state index is -0.268. The fourth-order valence-corrected chi connectivity index (χ4v) is 2.96. The highest BCUT2D eigenvalue weighted by Crippen LogP contribution is 2.32. The molecular weight excluding hydrogens is 321 g/mol. The summed E-state index contributed by atoms with van der Waals surface area (Å²) >= 11 is 0. The Morgan fingerprint density at radius 1 is 1.16 bits per heavy atom. The number of hydrogen-bond acceptors (Lipinski definition) is 4. The van der Waals surface area contributed by atoms with Crippen molar-refractivity contribution in [2.75, 3.05) is 20.3 Å². The average molecular weight is 345 g/mol. The van der Waals surface area contributed by atoms with Crippen molar-refractivity contribution < 1.29 is 18.6 Å². The molecule has 0 saturated carbocycles. The summed E-state index contributed by atoms with van der Waals surface area (Å²) in [5.74, 6) is 1.02. The van der Waals surface area contributed by atoms with Crippen molar-refractivity contribution in [3.8, 4) is 11.5 Å². The van der Waals surface area contributed by atoms with Crippen molar-refractivity contribution in [2.45, 2.75) is 32.1 Å². The molecule has 0 amide bonds. The molecule has 1 fully saturated rings. The second kappa shape index (κ2) is 8.83. The Labute approximate surface area is 147 Å². The first-order valence-corrected chi connectivity index (χ1v) is 8.62. The molecule has 2 aromatic rings. The van der Waals surface area contributed by atoms with Crippen LogP contribution in [0.5, 0.6) is 11.5 Å². The highest BCUT2D eigenvalue weighted by molar-refractivity contribution is 5.46. The first-order valence-electron chi connectivity index (χ1n) is 8.62. The Balaban J connectivity index is 1.66. The third-order valence-corrected chi connectivity index (χ3v) is 4.32. The summed E-state index contributed by atoms with van der Waals surface area (Å²) in [6.45, 7) is 2.46. The van der Waals surface area contributed by atoms with Gasteiger partial charge in [-0.15, -0.1) is 0 Å². The second-order valence-corrected chi connectivity index (χ2v) is 6.09. The van der Waals surface area contributed by atoms with E-state index in [2.05, 4.69) is 5.32 Å². The highest BCUT2D eigenvalue weighted by Gasteiger charge is 2.16. The molecule has 1 saturated heterocycles. The molecule has 25 heavy (non-hydrogen) atoms. The second-order valence-electron chi connectivity index (χ2n) is 6.09. The van der Waals surface area contributed by atoms with Gasteiger partial charge in [-0.3, -0.25) is 0 Å². The molecule has 3 rings (SSSR count). The van der Waals surface area contributed by atoms with Gasteiger partial charge in [0, 0.05) is 30.8 Å². The summed E-state index contributed by atoms with van der Waals surface area (Å²) in [5, 5.41) is 3.41. The highest BCUT2D eigenvalue weighted by atomic mass is 19.1. The molecular formula is C20H24FNO3. The lowest BCUT2D eigenvalue weighted by molar-refractivity contribution is 0.110. The summed E-state index contributed by atoms with van der Waals surface area (Å²) in [4.78, 5) is 0. The third kappa shape index (κ3) is 4.71. The Morgan fingerprint density at radius 3 is 2.76 bits per heavy atom. The number of halogens is 1. The number of methoxy groups -OCH3 is 1. The number of benzene rings is 2. The maximum atomic E-state index is 13.8. The van der Waals surface area contributed by atoms with Crippen molar-refractivity contribution >= 4 is 0 Å². The smallest absolute Gasteiger partial charge is 0.166 e. The van der Waals surface area contributed by atoms with Gasteiger partial charge in [0.2, 0.25) is 0 Å². The van der Waals surface area contributed by atoms with Crippen LogP contribution >= 0.6 is 0 Å². The Kier molecular flexibility index (Phi) is 6.25. The van der Waals surface area contributed by atoms with Crippen molar-refractivity contribution in [3.05, 3.63) is 59.4 Å². The number of hydrogen-bond donors (Lipinski definition) is 1. The summed E-state index contributed by atoms with van der Waals surface area (Å²) in [5.41, 5.74) is 1.50. The van der Waals surface area contributed by atoms with Crippen LogP contribution in [-0.4, -0.2) is 26.4 Å². The molecule has 1 heterocycles. The molecule has 0 unspecified atom stereocenters. The van der Waals surface area contributed by atoms with Gasteiger partial charge in [-0.05, 0) is 25.0 Å². The van der Waals surface area contributed by atoms with Crippen LogP contribution in [0.25, 0.3) is 0 Å². The van der Waals surface area contributed by atoms with Crippen LogP contribution in [-0.2, 0) is 17.9 Å². The lowest BCUT2D eigenvalue weighted by atomic mass is 10.1. The topological polar surface area (TPSA) is 39.7 Å². The summed E-state index contributed by atoms with van der Waals surface area (Å²) in [6.07, 6.45) is 2.51. The SMILES string of the molecule is COc1cccc(CNC[C@H]2CCCO2)c1OCc1ccccc1F. The molecule has 1 atom stereocenters. The normalized spacial score (nSPS) is 16.8. The molecule has 0 radical (unpaired) electrons. The van der Waals surface area contributed by atoms with E-state index >= 15 is 0 Å². The van der Waals surface area contributed by atoms with Crippen LogP contribution in [0, 0.1) is 5.82 Å². The maximum Gasteiger partial charge on any atom is 0.166 e. The number of rotatable bonds is 8. The lowest BCUT2D eigenvalue weighted by Crippen LogP contribution is -2.26. The molecule has 5 heteroatoms. The van der Waals surface area contributed by atoms with Crippen molar-refractivity contribution in [1.29, 1.82) is 0 Å². The largest absolute Gasteiger partial charge is 0.493 e. The van der Waals surface area contributed by atoms with Crippen LogP contribution in [0.3, 0.4) is 0 Å². The first kappa shape index (κ1) is 17.7. The molecule has 134 valence electrons. The van der Waals surface area contributed by atoms with E-state index in [1.54, 1.807) is 25.3 Å². The molecule has 1 aliphatic heterocycles. The van der Waals surface area contributed by atoms with Gasteiger partial charge in [0.15, 0.2) is 11.5 Å². The van der Waals surface area contributed by atoms with E-state index < -0.39 is 0 Å². The van der Waals surface area contributed by atoms with E-state index in [1.165, 1.54) is 6.07 Å². The van der Waals surface area contributed by atoms with E-state index in [1.807, 2.05) is 18.2 Å². The minimum Gasteiger partial charge on any atom is -0.493 e. The zero-order chi connectivity index (χ0) is 17.5. The van der Waals surface area contributed by atoms with Gasteiger partial charge in [0.25, 0.3) is 0 Å². The summed E-state index contributed by atoms with van der Waals surface area (Å²) < 4.78 is 30.8. The maximum absolute atomic E-state index is 13.8. The average Bonchev–Trinajstić information content (AvgIpc) is 3.15. The predicted octanol–water partition coefficient (Wildman–Crippen LogP) is 3.68. The van der Waals surface area contributed by atoms with Gasteiger partial charge >= 0.3 is 0 Å². The molecule has 0 bridgehead atoms. The van der Waals surface area contributed by atoms with Gasteiger partial charge in [-0.1, -0.05) is 30.3 Å². The van der Waals surface area contributed by atoms with Crippen LogP contribution in [0.15, 0.2) is 42.5 Å². The Morgan fingerprint density at radius 2 is 2.00 bits per heavy atom. The van der Waals surface area contributed by atoms with Crippen LogP contribution in [0.4, 0.5) is 4.39 Å². The van der Waals surface area contributed by atoms with Gasteiger partial charge in [-0.2, -0.15) is 0 Å². The number of para-hydroxylation sites is 1. The summed E-state index contributed by atoms with van der Waals surface area (Å²) in [6, 6.07) is 12.4. The first-order chi connectivity index (χ1) is 12.3. The van der Waals surface area contributed by atoms with Crippen LogP contribution in [0.2, 0.25) is 0 Å². The molecule has 1 aliphatic rings. The molecule has 4 nitrogen and oxygen atoms in total. The van der Waals surface area contributed by atoms with Crippen LogP contribution < -0.4 is 14.8 Å². The third-order valence-electron chi connectivity index (χ3n) is 4.32. The van der Waals surface area contributed by atoms with E-state index in [0.29, 0.717) is 23.6 Å². The van der Waals surface area contributed by atoms with E-state index in [0.717, 1.165) is 31.6 Å². The number of nitrogens with one attached hydrogen (secondary N) is 1. The van der Waals surface area contributed by atoms with E-state index in [-0.39, 0.29) is 18.5 Å². The predicted molar refractivity (Wildman–Crippen MR) is 94.4 cm³/mol. The van der Waals surface area contributed by atoms with Crippen molar-refractivity contribution in [3.63, 3.8) is 0 Å². The Bertz CT molecular complexity index is 686. The van der Waals surface area contributed by atoms with Gasteiger partial charge in [-0.25, -0.2) is 4.39 Å². The van der Waals surface area contributed by atoms with Crippen LogP contribution in [0.1, 0.15) is 24.0 Å². The fraction of sp³-hybridized carbons (Fsp3) is 0.400. The fourth-order valence-electron chi connectivity index (χ4n) is 2.96. The lowest BCUT2D eigenvalue weighted by Gasteiger charge is -2.17. The van der Waals surface area contributed by atoms with Crippen molar-refractivity contribution in [1.82, 2.24) is 5.32 Å². The molecule has 0 spiro atoms. The van der Waals surface area contributed by atoms with Crippen molar-refractivity contribution in [2.24, 2.45) is 0 Å². The van der Waals surface area contributed by atoms with Gasteiger partial charge in [0.1, 0.15) is 12.4 Å². The monoisotopic (exact) mass is 345 g/mol. The molecule has 2 aromatic carbocycles. The standard InChI is InChI=1S/C20H24FNO3/c1-23-19-10-4-7-15(12-22-13-17-8-5-11-24-17)20(19)25-14-16-6-2-3-9-18(16)21/h2-4,6-7,9-10,17,22H,5,8,11-14H2,1H3/t17-/m1/s1. The molecule has 1 N–H and O–H groups in total. The Hall–Kier alpha value is -2.11. The molecule has 0 aromatic heterocycles. The molecule has 0 aliphatic carbocycles. The van der Waals surface area contributed by atoms with E-state index in [9.17, 15) is 4.39 Å². The van der Waals surface area contributed by atoms with Gasteiger partial charge < -0.3 is 19.5 Å². The summed E-state index contributed by atoms with van der Waals surface area (Å²) in [7, 11) is 1.61. The number of ether oxygens (including phenoxy) is 3. The zero-order valence-electron chi connectivity index (χ0n) is 14.5. The quantitative estimate of drug-likeness (QED) is 0.792.